The van der Waals surface area contributed by atoms with Gasteiger partial charge in [-0.25, -0.2) is 9.63 Å². The molecule has 3 aliphatic heterocycles. The highest BCUT2D eigenvalue weighted by Gasteiger charge is 2.39. The molecule has 2 amide bonds. The number of carbonyl (C=O) groups is 2. The van der Waals surface area contributed by atoms with Gasteiger partial charge in [-0.1, -0.05) is 26.0 Å². The molecule has 14 nitrogen and oxygen atoms in total. The molecule has 14 heteroatoms. The average molecular weight is 773 g/mol. The van der Waals surface area contributed by atoms with Gasteiger partial charge >= 0.3 is 12.3 Å². The molecule has 6 rings (SSSR count). The van der Waals surface area contributed by atoms with Gasteiger partial charge in [0.15, 0.2) is 6.61 Å². The van der Waals surface area contributed by atoms with E-state index in [2.05, 4.69) is 66.4 Å². The molecule has 0 saturated carbocycles. The number of nitrogens with one attached hydrogen (secondary N) is 2. The van der Waals surface area contributed by atoms with Crippen molar-refractivity contribution in [2.45, 2.75) is 105 Å². The van der Waals surface area contributed by atoms with Gasteiger partial charge in [0.2, 0.25) is 4.92 Å². The monoisotopic (exact) mass is 772 g/mol. The number of carbonyl (C=O) groups excluding carboxylic acids is 2. The molecule has 3 aromatic rings. The van der Waals surface area contributed by atoms with Crippen molar-refractivity contribution in [3.8, 4) is 11.3 Å². The van der Waals surface area contributed by atoms with Gasteiger partial charge in [0.05, 0.1) is 35.0 Å². The molecule has 0 unspecified atom stereocenters. The lowest BCUT2D eigenvalue weighted by Gasteiger charge is -2.36. The fourth-order valence-electron chi connectivity index (χ4n) is 7.80. The second-order valence-corrected chi connectivity index (χ2v) is 16.7. The molecule has 0 radical (unpaired) electrons. The molecule has 0 aliphatic carbocycles. The minimum absolute atomic E-state index is 0.00957. The van der Waals surface area contributed by atoms with Crippen LogP contribution in [0, 0.1) is 10.3 Å². The van der Waals surface area contributed by atoms with Crippen LogP contribution in [0.15, 0.2) is 54.5 Å². The molecule has 56 heavy (non-hydrogen) atoms. The average Bonchev–Trinajstić information content (AvgIpc) is 3.47. The van der Waals surface area contributed by atoms with Gasteiger partial charge < -0.3 is 23.7 Å². The van der Waals surface area contributed by atoms with Crippen LogP contribution in [0.25, 0.3) is 27.7 Å². The van der Waals surface area contributed by atoms with Crippen LogP contribution in [-0.4, -0.2) is 94.7 Å². The number of benzene rings is 1. The zero-order valence-electron chi connectivity index (χ0n) is 34.3. The van der Waals surface area contributed by atoms with Crippen molar-refractivity contribution in [2.24, 2.45) is 5.41 Å². The Kier molecular flexibility index (Phi) is 12.2. The van der Waals surface area contributed by atoms with E-state index in [-0.39, 0.29) is 24.4 Å². The number of rotatable bonds is 7. The maximum absolute atomic E-state index is 14.3. The van der Waals surface area contributed by atoms with E-state index >= 15 is 0 Å². The molecule has 302 valence electrons. The minimum atomic E-state index is -0.829. The highest BCUT2D eigenvalue weighted by atomic mass is 16.8. The minimum Gasteiger partial charge on any atom is -0.444 e. The molecule has 3 aliphatic rings. The molecule has 1 fully saturated rings. The second kappa shape index (κ2) is 16.7. The first-order valence-corrected chi connectivity index (χ1v) is 19.6. The zero-order chi connectivity index (χ0) is 40.4. The van der Waals surface area contributed by atoms with E-state index in [9.17, 15) is 14.5 Å². The topological polar surface area (TPSA) is 140 Å². The number of aromatic nitrogens is 2. The van der Waals surface area contributed by atoms with E-state index in [1.54, 1.807) is 47.4 Å². The number of pyridine rings is 1. The summed E-state index contributed by atoms with van der Waals surface area (Å²) >= 11 is 0. The summed E-state index contributed by atoms with van der Waals surface area (Å²) in [6.07, 6.45) is 6.15. The smallest absolute Gasteiger partial charge is 0.412 e. The van der Waals surface area contributed by atoms with E-state index in [0.717, 1.165) is 51.1 Å². The number of methoxy groups -OCH3 is 2. The Morgan fingerprint density at radius 2 is 2.00 bits per heavy atom. The fourth-order valence-corrected chi connectivity index (χ4v) is 7.80. The quantitative estimate of drug-likeness (QED) is 0.269. The second-order valence-electron chi connectivity index (χ2n) is 16.7. The largest absolute Gasteiger partial charge is 0.444 e. The summed E-state index contributed by atoms with van der Waals surface area (Å²) in [5.41, 5.74) is 9.05. The number of amides is 2. The molecule has 2 aromatic heterocycles. The van der Waals surface area contributed by atoms with E-state index in [0.29, 0.717) is 50.3 Å². The molecule has 6 bridgehead atoms. The maximum Gasteiger partial charge on any atom is 0.412 e. The Bertz CT molecular complexity index is 2010. The highest BCUT2D eigenvalue weighted by Crippen LogP contribution is 2.42. The number of aryl methyl sites for hydroxylation is 1. The molecule has 5 heterocycles. The van der Waals surface area contributed by atoms with Crippen LogP contribution in [0.2, 0.25) is 0 Å². The number of ether oxygens (including phenoxy) is 3. The SMILES string of the molecule is CCn1c(-c2cccnc2[C@H](C)OC)c2c3cc(ccc31)C1=CC[C@H](COC)N(/C=C(\NC(=O)OC(C)(C)C)C(=O)N3CCC[C@H](N3)[N+](=O)OCC(C)(C)C2)C1. The molecule has 3 atom stereocenters. The Morgan fingerprint density at radius 3 is 2.71 bits per heavy atom. The Hall–Kier alpha value is -4.79. The van der Waals surface area contributed by atoms with Crippen LogP contribution in [0.5, 0.6) is 0 Å². The Labute approximate surface area is 329 Å². The Morgan fingerprint density at radius 1 is 1.21 bits per heavy atom. The zero-order valence-corrected chi connectivity index (χ0v) is 34.3. The van der Waals surface area contributed by atoms with Crippen LogP contribution in [0.4, 0.5) is 4.79 Å². The number of hydrogen-bond acceptors (Lipinski definition) is 10. The van der Waals surface area contributed by atoms with Crippen LogP contribution in [0.3, 0.4) is 0 Å². The molecule has 1 aromatic carbocycles. The fraction of sp³-hybridized carbons (Fsp3) is 0.548. The van der Waals surface area contributed by atoms with E-state index in [4.69, 9.17) is 24.0 Å². The van der Waals surface area contributed by atoms with Crippen molar-refractivity contribution in [2.75, 3.05) is 40.5 Å². The normalized spacial score (nSPS) is 22.1. The first kappa shape index (κ1) is 40.9. The van der Waals surface area contributed by atoms with Gasteiger partial charge in [-0.3, -0.25) is 20.1 Å². The van der Waals surface area contributed by atoms with Crippen molar-refractivity contribution in [1.29, 1.82) is 0 Å². The van der Waals surface area contributed by atoms with E-state index < -0.39 is 29.2 Å². The van der Waals surface area contributed by atoms with Crippen LogP contribution >= 0.6 is 0 Å². The number of fused-ring (bicyclic) bond motifs is 6. The number of nitrogens with zero attached hydrogens (tertiary/aromatic N) is 5. The summed E-state index contributed by atoms with van der Waals surface area (Å²) in [6, 6.07) is 10.5. The highest BCUT2D eigenvalue weighted by molar-refractivity contribution is 5.96. The summed E-state index contributed by atoms with van der Waals surface area (Å²) in [5, 5.41) is 5.20. The van der Waals surface area contributed by atoms with Gasteiger partial charge in [0.25, 0.3) is 5.91 Å². The maximum atomic E-state index is 14.3. The predicted octanol–water partition coefficient (Wildman–Crippen LogP) is 6.65. The standard InChI is InChI=1S/C42H57N7O7/c1-10-47-35-18-16-28-21-32(35)33(38(47)31-13-11-19-43-37(31)27(2)54-9)22-42(6,7)26-55-49(52)36-14-12-20-48(45-36)39(50)34(44-40(51)56-41(3,4)5)24-46-23-29(28)15-17-30(46)25-53-8/h11,13,15-16,18-19,21,24,27,30,36,45H,10,12,14,17,20,22-23,25-26H2,1-9H3/p+1/b34-24-/t27-,30+,36+/m0/s1. The number of alkyl carbamates (subject to hydrolysis) is 1. The summed E-state index contributed by atoms with van der Waals surface area (Å²) in [4.78, 5) is 54.5. The van der Waals surface area contributed by atoms with Gasteiger partial charge in [-0.2, -0.15) is 5.43 Å². The lowest BCUT2D eigenvalue weighted by Crippen LogP contribution is -2.57. The number of hydrogen-bond donors (Lipinski definition) is 2. The first-order chi connectivity index (χ1) is 26.6. The summed E-state index contributed by atoms with van der Waals surface area (Å²) in [7, 11) is 3.35. The van der Waals surface area contributed by atoms with Crippen molar-refractivity contribution in [1.82, 2.24) is 30.2 Å². The van der Waals surface area contributed by atoms with E-state index in [1.807, 2.05) is 17.9 Å². The van der Waals surface area contributed by atoms with Crippen LogP contribution in [0.1, 0.15) is 90.7 Å². The molecule has 1 saturated heterocycles. The molecular weight excluding hydrogens is 715 g/mol. The van der Waals surface area contributed by atoms with Crippen LogP contribution in [-0.2, 0) is 36.8 Å². The van der Waals surface area contributed by atoms with Gasteiger partial charge in [-0.15, -0.1) is 0 Å². The molecular formula is C42H58N7O7+. The summed E-state index contributed by atoms with van der Waals surface area (Å²) in [6.45, 7) is 15.7. The lowest BCUT2D eigenvalue weighted by atomic mass is 9.84. The Balaban J connectivity index is 1.54. The molecule has 2 N–H and O–H groups in total. The third-order valence-corrected chi connectivity index (χ3v) is 10.6. The summed E-state index contributed by atoms with van der Waals surface area (Å²) < 4.78 is 19.4. The first-order valence-electron chi connectivity index (χ1n) is 19.6. The third-order valence-electron chi connectivity index (χ3n) is 10.6. The van der Waals surface area contributed by atoms with Crippen molar-refractivity contribution < 1.29 is 33.6 Å². The van der Waals surface area contributed by atoms with Gasteiger partial charge in [0, 0.05) is 74.6 Å². The van der Waals surface area contributed by atoms with Crippen molar-refractivity contribution in [3.05, 3.63) is 76.2 Å². The summed E-state index contributed by atoms with van der Waals surface area (Å²) in [5.74, 6) is -0.500. The lowest BCUT2D eigenvalue weighted by molar-refractivity contribution is -0.835. The van der Waals surface area contributed by atoms with Crippen molar-refractivity contribution >= 4 is 28.5 Å². The third kappa shape index (κ3) is 8.92. The van der Waals surface area contributed by atoms with Crippen LogP contribution < -0.4 is 10.7 Å². The molecule has 0 spiro atoms. The number of hydrazine groups is 1. The van der Waals surface area contributed by atoms with Crippen molar-refractivity contribution in [3.63, 3.8) is 0 Å². The van der Waals surface area contributed by atoms with E-state index in [1.165, 1.54) is 5.01 Å². The van der Waals surface area contributed by atoms with Gasteiger partial charge in [0.1, 0.15) is 11.3 Å². The van der Waals surface area contributed by atoms with Gasteiger partial charge in [-0.05, 0) is 94.8 Å². The predicted molar refractivity (Wildman–Crippen MR) is 214 cm³/mol.